The first-order chi connectivity index (χ1) is 11.5. The minimum absolute atomic E-state index is 0.0350. The van der Waals surface area contributed by atoms with Crippen molar-refractivity contribution in [3.05, 3.63) is 66.2 Å². The quantitative estimate of drug-likeness (QED) is 0.752. The summed E-state index contributed by atoms with van der Waals surface area (Å²) >= 11 is 0. The third kappa shape index (κ3) is 5.16. The highest BCUT2D eigenvalue weighted by atomic mass is 16.5. The van der Waals surface area contributed by atoms with Gasteiger partial charge < -0.3 is 14.8 Å². The van der Waals surface area contributed by atoms with Gasteiger partial charge in [-0.15, -0.1) is 0 Å². The molecular formula is C20H23NO3. The zero-order chi connectivity index (χ0) is 17.5. The first-order valence-electron chi connectivity index (χ1n) is 7.90. The number of amides is 1. The average Bonchev–Trinajstić information content (AvgIpc) is 2.54. The molecule has 24 heavy (non-hydrogen) atoms. The lowest BCUT2D eigenvalue weighted by Gasteiger charge is -2.15. The topological polar surface area (TPSA) is 47.6 Å². The van der Waals surface area contributed by atoms with E-state index in [9.17, 15) is 4.79 Å². The summed E-state index contributed by atoms with van der Waals surface area (Å²) in [6, 6.07) is 14.4. The SMILES string of the molecule is C=C(C)COc1ccc(C(=O)Nc2ccccc2OC(C)C)cc1. The molecule has 0 aliphatic carbocycles. The van der Waals surface area contributed by atoms with Crippen molar-refractivity contribution in [1.82, 2.24) is 0 Å². The molecule has 0 atom stereocenters. The normalized spacial score (nSPS) is 10.3. The number of nitrogens with one attached hydrogen (secondary N) is 1. The van der Waals surface area contributed by atoms with E-state index in [1.165, 1.54) is 0 Å². The minimum atomic E-state index is -0.193. The third-order valence-corrected chi connectivity index (χ3v) is 3.10. The van der Waals surface area contributed by atoms with Gasteiger partial charge in [-0.25, -0.2) is 0 Å². The van der Waals surface area contributed by atoms with E-state index in [0.29, 0.717) is 29.4 Å². The van der Waals surface area contributed by atoms with Gasteiger partial charge in [0, 0.05) is 5.56 Å². The van der Waals surface area contributed by atoms with Crippen LogP contribution in [0.1, 0.15) is 31.1 Å². The predicted octanol–water partition coefficient (Wildman–Crippen LogP) is 4.68. The number of para-hydroxylation sites is 2. The Balaban J connectivity index is 2.06. The molecule has 0 saturated carbocycles. The van der Waals surface area contributed by atoms with E-state index in [0.717, 1.165) is 5.57 Å². The largest absolute Gasteiger partial charge is 0.489 e. The summed E-state index contributed by atoms with van der Waals surface area (Å²) in [6.07, 6.45) is 0.0350. The van der Waals surface area contributed by atoms with Gasteiger partial charge in [-0.3, -0.25) is 4.79 Å². The van der Waals surface area contributed by atoms with E-state index in [1.54, 1.807) is 24.3 Å². The van der Waals surface area contributed by atoms with Crippen LogP contribution in [-0.4, -0.2) is 18.6 Å². The molecule has 0 spiro atoms. The molecule has 2 aromatic rings. The van der Waals surface area contributed by atoms with Crippen LogP contribution in [0.25, 0.3) is 0 Å². The van der Waals surface area contributed by atoms with Crippen molar-refractivity contribution in [1.29, 1.82) is 0 Å². The lowest BCUT2D eigenvalue weighted by atomic mass is 10.2. The molecule has 0 bridgehead atoms. The van der Waals surface area contributed by atoms with Gasteiger partial charge >= 0.3 is 0 Å². The van der Waals surface area contributed by atoms with E-state index < -0.39 is 0 Å². The molecule has 0 fully saturated rings. The molecule has 0 saturated heterocycles. The van der Waals surface area contributed by atoms with Crippen LogP contribution < -0.4 is 14.8 Å². The monoisotopic (exact) mass is 325 g/mol. The van der Waals surface area contributed by atoms with Crippen molar-refractivity contribution in [3.8, 4) is 11.5 Å². The Morgan fingerprint density at radius 2 is 1.79 bits per heavy atom. The summed E-state index contributed by atoms with van der Waals surface area (Å²) in [5.41, 5.74) is 2.15. The molecular weight excluding hydrogens is 302 g/mol. The van der Waals surface area contributed by atoms with Crippen LogP contribution in [-0.2, 0) is 0 Å². The Morgan fingerprint density at radius 3 is 2.42 bits per heavy atom. The summed E-state index contributed by atoms with van der Waals surface area (Å²) in [7, 11) is 0. The zero-order valence-electron chi connectivity index (χ0n) is 14.3. The second-order valence-electron chi connectivity index (χ2n) is 5.89. The second-order valence-corrected chi connectivity index (χ2v) is 5.89. The smallest absolute Gasteiger partial charge is 0.255 e. The van der Waals surface area contributed by atoms with Gasteiger partial charge in [0.05, 0.1) is 11.8 Å². The molecule has 0 aliphatic heterocycles. The maximum Gasteiger partial charge on any atom is 0.255 e. The van der Waals surface area contributed by atoms with Crippen molar-refractivity contribution >= 4 is 11.6 Å². The van der Waals surface area contributed by atoms with Crippen LogP contribution >= 0.6 is 0 Å². The summed E-state index contributed by atoms with van der Waals surface area (Å²) in [4.78, 5) is 12.4. The Kier molecular flexibility index (Phi) is 6.01. The molecule has 1 N–H and O–H groups in total. The lowest BCUT2D eigenvalue weighted by molar-refractivity contribution is 0.102. The second kappa shape index (κ2) is 8.20. The van der Waals surface area contributed by atoms with Crippen LogP contribution in [0.5, 0.6) is 11.5 Å². The molecule has 2 aromatic carbocycles. The van der Waals surface area contributed by atoms with Crippen LogP contribution in [0, 0.1) is 0 Å². The zero-order valence-corrected chi connectivity index (χ0v) is 14.3. The number of ether oxygens (including phenoxy) is 2. The predicted molar refractivity (Wildman–Crippen MR) is 96.9 cm³/mol. The molecule has 4 heteroatoms. The van der Waals surface area contributed by atoms with Crippen molar-refractivity contribution < 1.29 is 14.3 Å². The molecule has 0 heterocycles. The van der Waals surface area contributed by atoms with Crippen LogP contribution in [0.4, 0.5) is 5.69 Å². The van der Waals surface area contributed by atoms with E-state index in [2.05, 4.69) is 11.9 Å². The number of carbonyl (C=O) groups is 1. The van der Waals surface area contributed by atoms with Crippen LogP contribution in [0.3, 0.4) is 0 Å². The molecule has 2 rings (SSSR count). The van der Waals surface area contributed by atoms with Crippen molar-refractivity contribution in [2.24, 2.45) is 0 Å². The fourth-order valence-corrected chi connectivity index (χ4v) is 2.03. The lowest BCUT2D eigenvalue weighted by Crippen LogP contribution is -2.14. The summed E-state index contributed by atoms with van der Waals surface area (Å²) < 4.78 is 11.2. The molecule has 0 radical (unpaired) electrons. The number of rotatable bonds is 7. The number of hydrogen-bond acceptors (Lipinski definition) is 3. The molecule has 1 amide bonds. The van der Waals surface area contributed by atoms with Gasteiger partial charge in [0.25, 0.3) is 5.91 Å². The summed E-state index contributed by atoms with van der Waals surface area (Å²) in [6.45, 7) is 10.0. The van der Waals surface area contributed by atoms with Crippen LogP contribution in [0.15, 0.2) is 60.7 Å². The van der Waals surface area contributed by atoms with Crippen LogP contribution in [0.2, 0.25) is 0 Å². The van der Waals surface area contributed by atoms with Crippen molar-refractivity contribution in [2.45, 2.75) is 26.9 Å². The van der Waals surface area contributed by atoms with Gasteiger partial charge in [0.15, 0.2) is 0 Å². The highest BCUT2D eigenvalue weighted by molar-refractivity contribution is 6.05. The Morgan fingerprint density at radius 1 is 1.12 bits per heavy atom. The number of anilines is 1. The van der Waals surface area contributed by atoms with E-state index >= 15 is 0 Å². The first-order valence-corrected chi connectivity index (χ1v) is 7.90. The molecule has 0 unspecified atom stereocenters. The maximum absolute atomic E-state index is 12.4. The third-order valence-electron chi connectivity index (χ3n) is 3.10. The Labute approximate surface area is 143 Å². The van der Waals surface area contributed by atoms with Gasteiger partial charge in [-0.1, -0.05) is 18.7 Å². The highest BCUT2D eigenvalue weighted by Crippen LogP contribution is 2.25. The fraction of sp³-hybridized carbons (Fsp3) is 0.250. The van der Waals surface area contributed by atoms with Gasteiger partial charge in [-0.05, 0) is 62.7 Å². The van der Waals surface area contributed by atoms with Gasteiger partial charge in [0.2, 0.25) is 0 Å². The number of benzene rings is 2. The summed E-state index contributed by atoms with van der Waals surface area (Å²) in [5.74, 6) is 1.17. The Hall–Kier alpha value is -2.75. The van der Waals surface area contributed by atoms with E-state index in [1.807, 2.05) is 45.0 Å². The number of carbonyl (C=O) groups excluding carboxylic acids is 1. The van der Waals surface area contributed by atoms with E-state index in [-0.39, 0.29) is 12.0 Å². The maximum atomic E-state index is 12.4. The number of hydrogen-bond donors (Lipinski definition) is 1. The molecule has 0 aromatic heterocycles. The van der Waals surface area contributed by atoms with Crippen molar-refractivity contribution in [2.75, 3.05) is 11.9 Å². The first kappa shape index (κ1) is 17.6. The van der Waals surface area contributed by atoms with E-state index in [4.69, 9.17) is 9.47 Å². The highest BCUT2D eigenvalue weighted by Gasteiger charge is 2.10. The minimum Gasteiger partial charge on any atom is -0.489 e. The van der Waals surface area contributed by atoms with Crippen molar-refractivity contribution in [3.63, 3.8) is 0 Å². The van der Waals surface area contributed by atoms with Gasteiger partial charge in [-0.2, -0.15) is 0 Å². The molecule has 0 aliphatic rings. The molecule has 126 valence electrons. The average molecular weight is 325 g/mol. The fourth-order valence-electron chi connectivity index (χ4n) is 2.03. The van der Waals surface area contributed by atoms with Gasteiger partial charge in [0.1, 0.15) is 18.1 Å². The standard InChI is InChI=1S/C20H23NO3/c1-14(2)13-23-17-11-9-16(10-12-17)20(22)21-18-7-5-6-8-19(18)24-15(3)4/h5-12,15H,1,13H2,2-4H3,(H,21,22). The Bertz CT molecular complexity index is 705. The summed E-state index contributed by atoms with van der Waals surface area (Å²) in [5, 5.41) is 2.88. The molecule has 4 nitrogen and oxygen atoms in total.